The summed E-state index contributed by atoms with van der Waals surface area (Å²) >= 11 is 0. The molecule has 0 bridgehead atoms. The molecule has 0 aromatic heterocycles. The molecule has 0 atom stereocenters. The predicted molar refractivity (Wildman–Crippen MR) is 33.7 cm³/mol. The summed E-state index contributed by atoms with van der Waals surface area (Å²) in [6.07, 6.45) is 1.17. The molecule has 7 heavy (non-hydrogen) atoms. The number of azo groups is 1. The first-order chi connectivity index (χ1) is 2.50. The minimum Gasteiger partial charge on any atom is -0.194 e. The molecule has 0 aliphatic carbocycles. The average molecular weight is 143 g/mol. The third-order valence-corrected chi connectivity index (χ3v) is 0.616. The minimum absolute atomic E-state index is 0. The van der Waals surface area contributed by atoms with Gasteiger partial charge in [0.15, 0.2) is 0 Å². The topological polar surface area (TPSA) is 24.7 Å². The zero-order valence-corrected chi connectivity index (χ0v) is 5.47. The van der Waals surface area contributed by atoms with E-state index in [9.17, 15) is 0 Å². The van der Waals surface area contributed by atoms with Crippen molar-refractivity contribution in [3.05, 3.63) is 0 Å². The van der Waals surface area contributed by atoms with E-state index in [4.69, 9.17) is 0 Å². The molecule has 4 heteroatoms. The zero-order valence-electron chi connectivity index (χ0n) is 3.83. The smallest absolute Gasteiger partial charge is 0.0617 e. The molecule has 0 aromatic rings. The van der Waals surface area contributed by atoms with E-state index in [1.165, 1.54) is 6.42 Å². The number of hydrogen-bond donors (Lipinski definition) is 0. The monoisotopic (exact) mass is 142 g/mol. The summed E-state index contributed by atoms with van der Waals surface area (Å²) in [7, 11) is 0. The normalized spacial score (nSPS) is 14.9. The van der Waals surface area contributed by atoms with Crippen LogP contribution in [0.2, 0.25) is 0 Å². The maximum atomic E-state index is 3.71. The van der Waals surface area contributed by atoms with Crippen LogP contribution in [-0.4, -0.2) is 13.1 Å². The van der Waals surface area contributed by atoms with E-state index < -0.39 is 0 Å². The largest absolute Gasteiger partial charge is 0.194 e. The van der Waals surface area contributed by atoms with Gasteiger partial charge in [-0.2, -0.15) is 10.2 Å². The molecule has 2 nitrogen and oxygen atoms in total. The van der Waals surface area contributed by atoms with Crippen LogP contribution in [0, 0.1) is 0 Å². The standard InChI is InChI=1S/C3H6N2.2ClH/c1-2-4-5-3-1;;/h1-3H2;2*1H. The Morgan fingerprint density at radius 2 is 1.29 bits per heavy atom. The van der Waals surface area contributed by atoms with Gasteiger partial charge in [-0.05, 0) is 6.42 Å². The van der Waals surface area contributed by atoms with Gasteiger partial charge < -0.3 is 0 Å². The molecule has 0 radical (unpaired) electrons. The lowest BCUT2D eigenvalue weighted by Gasteiger charge is -1.63. The molecular formula is C3H8Cl2N2. The van der Waals surface area contributed by atoms with Crippen LogP contribution in [0.3, 0.4) is 0 Å². The molecule has 1 rings (SSSR count). The van der Waals surface area contributed by atoms with Crippen LogP contribution in [0.25, 0.3) is 0 Å². The Morgan fingerprint density at radius 3 is 1.43 bits per heavy atom. The second kappa shape index (κ2) is 6.18. The van der Waals surface area contributed by atoms with Gasteiger partial charge in [0.05, 0.1) is 13.1 Å². The van der Waals surface area contributed by atoms with E-state index in [2.05, 4.69) is 10.2 Å². The van der Waals surface area contributed by atoms with Crippen molar-refractivity contribution in [2.45, 2.75) is 6.42 Å². The first-order valence-electron chi connectivity index (χ1n) is 1.83. The molecule has 1 heterocycles. The van der Waals surface area contributed by atoms with E-state index in [0.717, 1.165) is 13.1 Å². The number of hydrogen-bond acceptors (Lipinski definition) is 2. The van der Waals surface area contributed by atoms with Gasteiger partial charge in [-0.3, -0.25) is 0 Å². The van der Waals surface area contributed by atoms with Gasteiger partial charge in [0.25, 0.3) is 0 Å². The molecule has 0 saturated carbocycles. The summed E-state index contributed by atoms with van der Waals surface area (Å²) in [5.41, 5.74) is 0. The molecule has 0 aromatic carbocycles. The van der Waals surface area contributed by atoms with Crippen LogP contribution < -0.4 is 0 Å². The highest BCUT2D eigenvalue weighted by molar-refractivity contribution is 5.85. The molecule has 1 aliphatic heterocycles. The molecule has 0 saturated heterocycles. The number of halogens is 2. The second-order valence-corrected chi connectivity index (χ2v) is 1.08. The lowest BCUT2D eigenvalue weighted by atomic mass is 10.5. The predicted octanol–water partition coefficient (Wildman–Crippen LogP) is 1.69. The molecule has 0 amide bonds. The summed E-state index contributed by atoms with van der Waals surface area (Å²) in [4.78, 5) is 0. The summed E-state index contributed by atoms with van der Waals surface area (Å²) in [6, 6.07) is 0. The van der Waals surface area contributed by atoms with Crippen LogP contribution in [-0.2, 0) is 0 Å². The van der Waals surface area contributed by atoms with Crippen molar-refractivity contribution in [1.82, 2.24) is 0 Å². The Balaban J connectivity index is 0. The maximum absolute atomic E-state index is 3.71. The maximum Gasteiger partial charge on any atom is 0.0617 e. The van der Waals surface area contributed by atoms with Crippen molar-refractivity contribution in [2.24, 2.45) is 10.2 Å². The Labute approximate surface area is 55.2 Å². The molecule has 0 unspecified atom stereocenters. The fourth-order valence-corrected chi connectivity index (χ4v) is 0.354. The van der Waals surface area contributed by atoms with Gasteiger partial charge in [0.1, 0.15) is 0 Å². The summed E-state index contributed by atoms with van der Waals surface area (Å²) < 4.78 is 0. The third-order valence-electron chi connectivity index (χ3n) is 0.616. The van der Waals surface area contributed by atoms with Crippen molar-refractivity contribution in [1.29, 1.82) is 0 Å². The van der Waals surface area contributed by atoms with Gasteiger partial charge in [-0.15, -0.1) is 24.8 Å². The highest BCUT2D eigenvalue weighted by Gasteiger charge is 1.87. The average Bonchev–Trinajstić information content (AvgIpc) is 1.76. The molecular weight excluding hydrogens is 135 g/mol. The number of rotatable bonds is 0. The van der Waals surface area contributed by atoms with Crippen LogP contribution in [0.1, 0.15) is 6.42 Å². The van der Waals surface area contributed by atoms with Crippen LogP contribution in [0.5, 0.6) is 0 Å². The first-order valence-corrected chi connectivity index (χ1v) is 1.83. The Hall–Kier alpha value is 0.180. The van der Waals surface area contributed by atoms with Crippen molar-refractivity contribution in [3.8, 4) is 0 Å². The van der Waals surface area contributed by atoms with Gasteiger partial charge >= 0.3 is 0 Å². The summed E-state index contributed by atoms with van der Waals surface area (Å²) in [5, 5.41) is 7.42. The van der Waals surface area contributed by atoms with E-state index in [-0.39, 0.29) is 24.8 Å². The quantitative estimate of drug-likeness (QED) is 0.492. The van der Waals surface area contributed by atoms with Gasteiger partial charge in [0.2, 0.25) is 0 Å². The lowest BCUT2D eigenvalue weighted by molar-refractivity contribution is 0.979. The minimum atomic E-state index is 0. The summed E-state index contributed by atoms with van der Waals surface area (Å²) in [5.74, 6) is 0. The van der Waals surface area contributed by atoms with Gasteiger partial charge in [-0.1, -0.05) is 0 Å². The fraction of sp³-hybridized carbons (Fsp3) is 1.00. The Bertz CT molecular complexity index is 48.9. The number of nitrogens with zero attached hydrogens (tertiary/aromatic N) is 2. The van der Waals surface area contributed by atoms with Crippen LogP contribution >= 0.6 is 24.8 Å². The van der Waals surface area contributed by atoms with Crippen molar-refractivity contribution >= 4 is 24.8 Å². The van der Waals surface area contributed by atoms with E-state index in [1.807, 2.05) is 0 Å². The summed E-state index contributed by atoms with van der Waals surface area (Å²) in [6.45, 7) is 1.92. The van der Waals surface area contributed by atoms with E-state index in [0.29, 0.717) is 0 Å². The van der Waals surface area contributed by atoms with Gasteiger partial charge in [0, 0.05) is 0 Å². The van der Waals surface area contributed by atoms with Crippen LogP contribution in [0.4, 0.5) is 0 Å². The molecule has 0 fully saturated rings. The Morgan fingerprint density at radius 1 is 0.857 bits per heavy atom. The highest BCUT2D eigenvalue weighted by atomic mass is 35.5. The van der Waals surface area contributed by atoms with E-state index >= 15 is 0 Å². The second-order valence-electron chi connectivity index (χ2n) is 1.08. The molecule has 44 valence electrons. The molecule has 1 aliphatic rings. The van der Waals surface area contributed by atoms with Gasteiger partial charge in [-0.25, -0.2) is 0 Å². The highest BCUT2D eigenvalue weighted by Crippen LogP contribution is 1.91. The Kier molecular flexibility index (Phi) is 9.02. The fourth-order valence-electron chi connectivity index (χ4n) is 0.354. The van der Waals surface area contributed by atoms with E-state index in [1.54, 1.807) is 0 Å². The zero-order chi connectivity index (χ0) is 3.54. The molecule has 0 spiro atoms. The van der Waals surface area contributed by atoms with Crippen molar-refractivity contribution in [2.75, 3.05) is 13.1 Å². The van der Waals surface area contributed by atoms with Crippen molar-refractivity contribution in [3.63, 3.8) is 0 Å². The van der Waals surface area contributed by atoms with Crippen molar-refractivity contribution < 1.29 is 0 Å². The first kappa shape index (κ1) is 10.2. The molecule has 0 N–H and O–H groups in total. The SMILES string of the molecule is C1CN=NC1.Cl.Cl. The third kappa shape index (κ3) is 4.02. The lowest BCUT2D eigenvalue weighted by Crippen LogP contribution is -1.68. The van der Waals surface area contributed by atoms with Crippen LogP contribution in [0.15, 0.2) is 10.2 Å².